The van der Waals surface area contributed by atoms with Gasteiger partial charge in [0.2, 0.25) is 0 Å². The van der Waals surface area contributed by atoms with Crippen LogP contribution < -0.4 is 5.32 Å². The first kappa shape index (κ1) is 14.6. The number of carbonyl (C=O) groups is 1. The summed E-state index contributed by atoms with van der Waals surface area (Å²) in [6.07, 6.45) is 0. The van der Waals surface area contributed by atoms with E-state index in [1.54, 1.807) is 30.3 Å². The van der Waals surface area contributed by atoms with Crippen LogP contribution in [0, 0.1) is 6.92 Å². The summed E-state index contributed by atoms with van der Waals surface area (Å²) in [5, 5.41) is 4.10. The van der Waals surface area contributed by atoms with Gasteiger partial charge in [-0.15, -0.1) is 0 Å². The van der Waals surface area contributed by atoms with Crippen molar-refractivity contribution in [1.29, 1.82) is 0 Å². The molecule has 0 aliphatic rings. The number of aryl methyl sites for hydroxylation is 1. The second-order valence-corrected chi connectivity index (χ2v) is 4.95. The molecule has 1 N–H and O–H groups in total. The van der Waals surface area contributed by atoms with Gasteiger partial charge in [0, 0.05) is 5.02 Å². The molecule has 0 unspecified atom stereocenters. The molecule has 1 heterocycles. The normalized spacial score (nSPS) is 10.2. The minimum Gasteiger partial charge on any atom is -0.464 e. The van der Waals surface area contributed by atoms with E-state index in [0.717, 1.165) is 5.56 Å². The molecule has 0 aliphatic heterocycles. The summed E-state index contributed by atoms with van der Waals surface area (Å²) in [5.41, 5.74) is 1.77. The summed E-state index contributed by atoms with van der Waals surface area (Å²) in [6, 6.07) is 8.48. The number of methoxy groups -OCH3 is 1. The van der Waals surface area contributed by atoms with Crippen LogP contribution in [0.15, 0.2) is 30.3 Å². The number of carbonyl (C=O) groups excluding carboxylic acids is 1. The molecule has 0 radical (unpaired) electrons. The lowest BCUT2D eigenvalue weighted by molar-refractivity contribution is 0.0594. The molecule has 0 atom stereocenters. The third-order valence-electron chi connectivity index (χ3n) is 2.68. The Morgan fingerprint density at radius 3 is 2.65 bits per heavy atom. The fourth-order valence-corrected chi connectivity index (χ4v) is 2.05. The van der Waals surface area contributed by atoms with Crippen molar-refractivity contribution in [3.8, 4) is 0 Å². The van der Waals surface area contributed by atoms with Crippen molar-refractivity contribution >= 4 is 40.7 Å². The molecule has 0 amide bonds. The number of hydrogen-bond donors (Lipinski definition) is 1. The maximum atomic E-state index is 11.5. The van der Waals surface area contributed by atoms with Gasteiger partial charge in [0.25, 0.3) is 0 Å². The van der Waals surface area contributed by atoms with Gasteiger partial charge in [-0.05, 0) is 36.8 Å². The van der Waals surface area contributed by atoms with Crippen LogP contribution in [0.1, 0.15) is 16.1 Å². The zero-order valence-electron chi connectivity index (χ0n) is 10.9. The van der Waals surface area contributed by atoms with E-state index in [4.69, 9.17) is 23.2 Å². The SMILES string of the molecule is COC(=O)c1ccc(C)c(Nc2ccc(Cl)cc2Cl)n1. The maximum absolute atomic E-state index is 11.5. The van der Waals surface area contributed by atoms with E-state index in [2.05, 4.69) is 15.0 Å². The number of aromatic nitrogens is 1. The van der Waals surface area contributed by atoms with E-state index in [1.807, 2.05) is 6.92 Å². The number of pyridine rings is 1. The van der Waals surface area contributed by atoms with Crippen molar-refractivity contribution in [2.45, 2.75) is 6.92 Å². The van der Waals surface area contributed by atoms with Crippen molar-refractivity contribution in [2.24, 2.45) is 0 Å². The van der Waals surface area contributed by atoms with Gasteiger partial charge in [-0.2, -0.15) is 0 Å². The molecule has 4 nitrogen and oxygen atoms in total. The third kappa shape index (κ3) is 3.21. The summed E-state index contributed by atoms with van der Waals surface area (Å²) in [4.78, 5) is 15.7. The molecule has 20 heavy (non-hydrogen) atoms. The van der Waals surface area contributed by atoms with E-state index < -0.39 is 5.97 Å². The van der Waals surface area contributed by atoms with Crippen molar-refractivity contribution < 1.29 is 9.53 Å². The van der Waals surface area contributed by atoms with Crippen molar-refractivity contribution in [1.82, 2.24) is 4.98 Å². The summed E-state index contributed by atoms with van der Waals surface area (Å²) in [6.45, 7) is 1.88. The predicted molar refractivity (Wildman–Crippen MR) is 80.1 cm³/mol. The molecular weight excluding hydrogens is 299 g/mol. The topological polar surface area (TPSA) is 51.2 Å². The number of nitrogens with zero attached hydrogens (tertiary/aromatic N) is 1. The number of hydrogen-bond acceptors (Lipinski definition) is 4. The number of anilines is 2. The third-order valence-corrected chi connectivity index (χ3v) is 3.22. The molecule has 2 rings (SSSR count). The Bertz CT molecular complexity index is 660. The highest BCUT2D eigenvalue weighted by molar-refractivity contribution is 6.36. The summed E-state index contributed by atoms with van der Waals surface area (Å²) in [5.74, 6) is 0.0485. The molecule has 0 aliphatic carbocycles. The summed E-state index contributed by atoms with van der Waals surface area (Å²) < 4.78 is 4.65. The molecule has 1 aromatic carbocycles. The number of nitrogens with one attached hydrogen (secondary N) is 1. The van der Waals surface area contributed by atoms with Gasteiger partial charge in [0.05, 0.1) is 17.8 Å². The average Bonchev–Trinajstić information content (AvgIpc) is 2.43. The van der Waals surface area contributed by atoms with Crippen LogP contribution in [-0.4, -0.2) is 18.1 Å². The quantitative estimate of drug-likeness (QED) is 0.862. The monoisotopic (exact) mass is 310 g/mol. The molecule has 0 fully saturated rings. The number of rotatable bonds is 3. The molecule has 6 heteroatoms. The minimum atomic E-state index is -0.491. The van der Waals surface area contributed by atoms with Crippen LogP contribution >= 0.6 is 23.2 Å². The van der Waals surface area contributed by atoms with Gasteiger partial charge in [-0.3, -0.25) is 0 Å². The van der Waals surface area contributed by atoms with E-state index >= 15 is 0 Å². The van der Waals surface area contributed by atoms with E-state index in [-0.39, 0.29) is 5.69 Å². The second kappa shape index (κ2) is 6.11. The highest BCUT2D eigenvalue weighted by Crippen LogP contribution is 2.28. The Morgan fingerprint density at radius 1 is 1.25 bits per heavy atom. The molecule has 0 bridgehead atoms. The van der Waals surface area contributed by atoms with E-state index in [0.29, 0.717) is 21.6 Å². The van der Waals surface area contributed by atoms with Crippen molar-refractivity contribution in [2.75, 3.05) is 12.4 Å². The van der Waals surface area contributed by atoms with E-state index in [9.17, 15) is 4.79 Å². The largest absolute Gasteiger partial charge is 0.464 e. The predicted octanol–water partition coefficient (Wildman–Crippen LogP) is 4.23. The first-order valence-corrected chi connectivity index (χ1v) is 6.55. The average molecular weight is 311 g/mol. The number of halogens is 2. The van der Waals surface area contributed by atoms with Gasteiger partial charge >= 0.3 is 5.97 Å². The number of ether oxygens (including phenoxy) is 1. The number of benzene rings is 1. The Morgan fingerprint density at radius 2 is 2.00 bits per heavy atom. The second-order valence-electron chi connectivity index (χ2n) is 4.10. The first-order chi connectivity index (χ1) is 9.51. The van der Waals surface area contributed by atoms with E-state index in [1.165, 1.54) is 7.11 Å². The van der Waals surface area contributed by atoms with Crippen LogP contribution in [0.2, 0.25) is 10.0 Å². The Labute approximate surface area is 126 Å². The highest BCUT2D eigenvalue weighted by atomic mass is 35.5. The zero-order valence-corrected chi connectivity index (χ0v) is 12.4. The first-order valence-electron chi connectivity index (χ1n) is 5.79. The summed E-state index contributed by atoms with van der Waals surface area (Å²) in [7, 11) is 1.31. The lowest BCUT2D eigenvalue weighted by Crippen LogP contribution is -2.07. The lowest BCUT2D eigenvalue weighted by atomic mass is 10.2. The fourth-order valence-electron chi connectivity index (χ4n) is 1.59. The Kier molecular flexibility index (Phi) is 4.47. The van der Waals surface area contributed by atoms with Crippen LogP contribution in [-0.2, 0) is 4.74 Å². The molecule has 0 spiro atoms. The Balaban J connectivity index is 2.35. The molecule has 0 saturated carbocycles. The van der Waals surface area contributed by atoms with Crippen LogP contribution in [0.3, 0.4) is 0 Å². The zero-order chi connectivity index (χ0) is 14.7. The van der Waals surface area contributed by atoms with Gasteiger partial charge < -0.3 is 10.1 Å². The Hall–Kier alpha value is -1.78. The van der Waals surface area contributed by atoms with Gasteiger partial charge in [-0.1, -0.05) is 29.3 Å². The molecular formula is C14H12Cl2N2O2. The smallest absolute Gasteiger partial charge is 0.356 e. The summed E-state index contributed by atoms with van der Waals surface area (Å²) >= 11 is 11.9. The maximum Gasteiger partial charge on any atom is 0.356 e. The molecule has 104 valence electrons. The van der Waals surface area contributed by atoms with Crippen LogP contribution in [0.4, 0.5) is 11.5 Å². The molecule has 0 saturated heterocycles. The lowest BCUT2D eigenvalue weighted by Gasteiger charge is -2.11. The van der Waals surface area contributed by atoms with Crippen LogP contribution in [0.5, 0.6) is 0 Å². The fraction of sp³-hybridized carbons (Fsp3) is 0.143. The molecule has 2 aromatic rings. The standard InChI is InChI=1S/C14H12Cl2N2O2/c1-8-3-5-12(14(19)20-2)18-13(8)17-11-6-4-9(15)7-10(11)16/h3-7H,1-2H3,(H,17,18). The highest BCUT2D eigenvalue weighted by Gasteiger charge is 2.11. The van der Waals surface area contributed by atoms with Crippen molar-refractivity contribution in [3.63, 3.8) is 0 Å². The number of esters is 1. The van der Waals surface area contributed by atoms with Crippen LogP contribution in [0.25, 0.3) is 0 Å². The van der Waals surface area contributed by atoms with Gasteiger partial charge in [-0.25, -0.2) is 9.78 Å². The van der Waals surface area contributed by atoms with Gasteiger partial charge in [0.1, 0.15) is 5.82 Å². The minimum absolute atomic E-state index is 0.227. The van der Waals surface area contributed by atoms with Crippen molar-refractivity contribution in [3.05, 3.63) is 51.6 Å². The molecule has 1 aromatic heterocycles. The van der Waals surface area contributed by atoms with Gasteiger partial charge in [0.15, 0.2) is 5.69 Å².